The van der Waals surface area contributed by atoms with E-state index in [0.717, 1.165) is 0 Å². The van der Waals surface area contributed by atoms with Crippen molar-refractivity contribution in [2.75, 3.05) is 11.9 Å². The highest BCUT2D eigenvalue weighted by Gasteiger charge is 2.42. The topological polar surface area (TPSA) is 186 Å². The van der Waals surface area contributed by atoms with Gasteiger partial charge < -0.3 is 35.6 Å². The molecule has 6 aromatic rings. The van der Waals surface area contributed by atoms with E-state index in [1.807, 2.05) is 0 Å². The number of benzene rings is 4. The molecule has 7 N–H and O–H groups in total. The van der Waals surface area contributed by atoms with Gasteiger partial charge in [0.25, 0.3) is 5.56 Å². The van der Waals surface area contributed by atoms with E-state index in [-0.39, 0.29) is 67.0 Å². The van der Waals surface area contributed by atoms with Gasteiger partial charge in [0, 0.05) is 6.42 Å². The van der Waals surface area contributed by atoms with Crippen LogP contribution in [-0.2, 0) is 4.74 Å². The van der Waals surface area contributed by atoms with Crippen molar-refractivity contribution in [3.63, 3.8) is 0 Å². The number of nitrogens with one attached hydrogen (secondary N) is 2. The number of fused-ring (bicyclic) bond motifs is 3. The largest absolute Gasteiger partial charge is 0.394 e. The number of aromatic nitrogens is 4. The van der Waals surface area contributed by atoms with Crippen LogP contribution in [-0.4, -0.2) is 76.1 Å². The van der Waals surface area contributed by atoms with Crippen LogP contribution < -0.4 is 10.9 Å². The average molecular weight is 578 g/mol. The molecular weight excluding hydrogens is 542 g/mol. The van der Waals surface area contributed by atoms with Gasteiger partial charge in [0.2, 0.25) is 5.95 Å². The number of aliphatic hydroxyl groups excluding tert-OH is 5. The quantitative estimate of drug-likeness (QED) is 0.152. The van der Waals surface area contributed by atoms with E-state index < -0.39 is 103 Å². The molecule has 3 heterocycles. The zero-order chi connectivity index (χ0) is 35.8. The van der Waals surface area contributed by atoms with Crippen LogP contribution >= 0.6 is 0 Å². The molecule has 0 unspecified atom stereocenters. The zero-order valence-corrected chi connectivity index (χ0v) is 21.4. The molecule has 214 valence electrons. The fourth-order valence-electron chi connectivity index (χ4n) is 6.07. The second-order valence-corrected chi connectivity index (χ2v) is 10.5. The molecule has 0 saturated carbocycles. The summed E-state index contributed by atoms with van der Waals surface area (Å²) in [5, 5.41) is 55.3. The Labute approximate surface area is 248 Å². The Morgan fingerprint density at radius 1 is 1.05 bits per heavy atom. The average Bonchev–Trinajstić information content (AvgIpc) is 3.68. The maximum atomic E-state index is 13.2. The molecule has 12 heteroatoms. The van der Waals surface area contributed by atoms with E-state index in [4.69, 9.17) is 15.7 Å². The van der Waals surface area contributed by atoms with Gasteiger partial charge >= 0.3 is 0 Å². The highest BCUT2D eigenvalue weighted by Crippen LogP contribution is 2.46. The first-order valence-electron chi connectivity index (χ1n) is 17.1. The first-order valence-corrected chi connectivity index (χ1v) is 13.1. The minimum Gasteiger partial charge on any atom is -0.394 e. The number of nitrogens with zero attached hydrogens (tertiary/aromatic N) is 3. The van der Waals surface area contributed by atoms with Crippen LogP contribution in [0.1, 0.15) is 46.9 Å². The molecule has 1 aliphatic heterocycles. The predicted molar refractivity (Wildman–Crippen MR) is 153 cm³/mol. The SMILES string of the molecule is [2H]c1c([2H])c2c([2H])c([2H])c3c([2H])c4c(c5c([2H])c([2H])c(c1[2H])c2c35)[C@@H](Nc1nc2c(ncn2[C@H]2C[C@H](O)[C@@H](CO)O2)c(=O)[nH]1)[C@H](O)[C@H](O)[C@H]4O. The Morgan fingerprint density at radius 3 is 2.57 bits per heavy atom. The number of aliphatic hydroxyl groups is 5. The number of anilines is 1. The zero-order valence-electron chi connectivity index (χ0n) is 29.4. The number of imidazole rings is 1. The van der Waals surface area contributed by atoms with Gasteiger partial charge in [-0.2, -0.15) is 4.98 Å². The molecule has 0 radical (unpaired) electrons. The van der Waals surface area contributed by atoms with Gasteiger partial charge in [-0.3, -0.25) is 14.3 Å². The lowest BCUT2D eigenvalue weighted by Gasteiger charge is -2.38. The Kier molecular flexibility index (Phi) is 4.01. The number of hydrogen-bond donors (Lipinski definition) is 7. The van der Waals surface area contributed by atoms with Crippen LogP contribution in [0, 0.1) is 0 Å². The fourth-order valence-corrected chi connectivity index (χ4v) is 6.07. The summed E-state index contributed by atoms with van der Waals surface area (Å²) < 4.78 is 77.2. The Morgan fingerprint density at radius 2 is 1.81 bits per heavy atom. The smallest absolute Gasteiger partial charge is 0.280 e. The molecule has 12 nitrogen and oxygen atoms in total. The van der Waals surface area contributed by atoms with Crippen LogP contribution in [0.15, 0.2) is 59.5 Å². The molecule has 0 spiro atoms. The van der Waals surface area contributed by atoms with Gasteiger partial charge in [0.1, 0.15) is 30.6 Å². The summed E-state index contributed by atoms with van der Waals surface area (Å²) in [5.74, 6) is -0.301. The van der Waals surface area contributed by atoms with Gasteiger partial charge in [-0.15, -0.1) is 0 Å². The van der Waals surface area contributed by atoms with Crippen molar-refractivity contribution in [2.24, 2.45) is 0 Å². The summed E-state index contributed by atoms with van der Waals surface area (Å²) in [5.41, 5.74) is -1.38. The van der Waals surface area contributed by atoms with Crippen molar-refractivity contribution in [3.05, 3.63) is 76.1 Å². The third-order valence-corrected chi connectivity index (χ3v) is 8.11. The minimum absolute atomic E-state index is 0.0247. The van der Waals surface area contributed by atoms with E-state index >= 15 is 0 Å². The molecule has 2 aliphatic rings. The molecule has 0 amide bonds. The third kappa shape index (κ3) is 3.54. The maximum absolute atomic E-state index is 13.2. The maximum Gasteiger partial charge on any atom is 0.280 e. The van der Waals surface area contributed by atoms with Crippen LogP contribution in [0.5, 0.6) is 0 Å². The molecule has 1 aliphatic carbocycles. The second kappa shape index (κ2) is 9.16. The van der Waals surface area contributed by atoms with Crippen molar-refractivity contribution < 1.29 is 41.2 Å². The summed E-state index contributed by atoms with van der Waals surface area (Å²) in [7, 11) is 0. The highest BCUT2D eigenvalue weighted by atomic mass is 16.5. The molecule has 7 atom stereocenters. The van der Waals surface area contributed by atoms with Gasteiger partial charge in [-0.1, -0.05) is 42.3 Å². The van der Waals surface area contributed by atoms with Crippen LogP contribution in [0.4, 0.5) is 5.95 Å². The van der Waals surface area contributed by atoms with E-state index in [2.05, 4.69) is 20.3 Å². The Hall–Kier alpha value is -4.17. The van der Waals surface area contributed by atoms with Crippen LogP contribution in [0.2, 0.25) is 0 Å². The van der Waals surface area contributed by atoms with Gasteiger partial charge in [0.05, 0.1) is 36.0 Å². The van der Waals surface area contributed by atoms with E-state index in [1.54, 1.807) is 0 Å². The molecular formula is C30H27N5O7. The Bertz CT molecular complexity index is 2470. The monoisotopic (exact) mass is 577 g/mol. The lowest BCUT2D eigenvalue weighted by atomic mass is 9.77. The number of hydrogen-bond acceptors (Lipinski definition) is 10. The number of ether oxygens (including phenoxy) is 1. The number of rotatable bonds is 4. The van der Waals surface area contributed by atoms with Crippen molar-refractivity contribution in [3.8, 4) is 0 Å². The van der Waals surface area contributed by atoms with E-state index in [9.17, 15) is 30.3 Å². The molecule has 1 saturated heterocycles. The van der Waals surface area contributed by atoms with Gasteiger partial charge in [0.15, 0.2) is 11.2 Å². The van der Waals surface area contributed by atoms with Crippen LogP contribution in [0.25, 0.3) is 43.5 Å². The second-order valence-electron chi connectivity index (χ2n) is 10.5. The summed E-state index contributed by atoms with van der Waals surface area (Å²) in [6.45, 7) is -0.460. The molecule has 4 aromatic carbocycles. The lowest BCUT2D eigenvalue weighted by Crippen LogP contribution is -2.44. The van der Waals surface area contributed by atoms with Gasteiger partial charge in [-0.05, 0) is 49.5 Å². The third-order valence-electron chi connectivity index (χ3n) is 8.11. The first-order chi connectivity index (χ1) is 23.7. The fraction of sp³-hybridized carbons (Fsp3) is 0.300. The van der Waals surface area contributed by atoms with Gasteiger partial charge in [-0.25, -0.2) is 4.98 Å². The normalized spacial score (nSPS) is 30.5. The van der Waals surface area contributed by atoms with Crippen molar-refractivity contribution in [1.82, 2.24) is 19.5 Å². The minimum atomic E-state index is -1.96. The summed E-state index contributed by atoms with van der Waals surface area (Å²) >= 11 is 0. The summed E-state index contributed by atoms with van der Waals surface area (Å²) in [6.07, 6.45) is -7.27. The Balaban J connectivity index is 1.41. The van der Waals surface area contributed by atoms with Crippen molar-refractivity contribution >= 4 is 49.4 Å². The molecule has 42 heavy (non-hydrogen) atoms. The number of H-pyrrole nitrogens is 1. The highest BCUT2D eigenvalue weighted by molar-refractivity contribution is 6.24. The van der Waals surface area contributed by atoms with E-state index in [1.165, 1.54) is 10.9 Å². The summed E-state index contributed by atoms with van der Waals surface area (Å²) in [6, 6.07) is -6.14. The number of aromatic amines is 1. The van der Waals surface area contributed by atoms with Crippen molar-refractivity contribution in [2.45, 2.75) is 49.2 Å². The molecule has 8 rings (SSSR count). The first kappa shape index (κ1) is 18.4. The lowest BCUT2D eigenvalue weighted by molar-refractivity contribution is -0.0767. The van der Waals surface area contributed by atoms with Crippen molar-refractivity contribution in [1.29, 1.82) is 0 Å². The van der Waals surface area contributed by atoms with E-state index in [0.29, 0.717) is 0 Å². The molecule has 1 fully saturated rings. The molecule has 2 aromatic heterocycles. The standard InChI is InChI=1S/C30H27N5O7/c36-10-18-17(37)9-19(42-18)35-11-31-24-28(35)33-30(34-29(24)41)32-23-22-15-7-6-13-3-1-2-12-4-5-14(21(15)20(12)13)8-16(22)25(38)27(40)26(23)39/h1-8,11,17-19,23,25-27,36-40H,9-10H2,(H2,32,33,34,41)/t17-,18+,19+,23+,25-,26-,27+/m0/s1/i1D,2D,3D,4D,5D,6D,7D,8D. The summed E-state index contributed by atoms with van der Waals surface area (Å²) in [4.78, 5) is 24.2. The predicted octanol–water partition coefficient (Wildman–Crippen LogP) is 1.58. The molecule has 0 bridgehead atoms. The van der Waals surface area contributed by atoms with Crippen LogP contribution in [0.3, 0.4) is 0 Å².